The number of nitrogens with one attached hydrogen (secondary N) is 1. The summed E-state index contributed by atoms with van der Waals surface area (Å²) in [6.45, 7) is 8.41. The van der Waals surface area contributed by atoms with Crippen LogP contribution in [0.4, 0.5) is 0 Å². The lowest BCUT2D eigenvalue weighted by Crippen LogP contribution is -2.54. The largest absolute Gasteiger partial charge is 0.489 e. The standard InChI is InChI=1S/C12H17N3O3/c1-3-11-12(6-9(2)15(16)17)18-8-10-7-13-4-5-14(10)11/h3,6,10,13H,1,4-5,7-8H2,2H3/b9-6+. The van der Waals surface area contributed by atoms with Crippen molar-refractivity contribution in [2.75, 3.05) is 26.2 Å². The molecule has 0 aromatic carbocycles. The summed E-state index contributed by atoms with van der Waals surface area (Å²) in [7, 11) is 0. The lowest BCUT2D eigenvalue weighted by atomic mass is 10.1. The molecule has 2 aliphatic heterocycles. The predicted molar refractivity (Wildman–Crippen MR) is 67.3 cm³/mol. The first-order valence-electron chi connectivity index (χ1n) is 5.93. The van der Waals surface area contributed by atoms with Gasteiger partial charge in [0.1, 0.15) is 12.4 Å². The highest BCUT2D eigenvalue weighted by atomic mass is 16.6. The molecule has 0 aliphatic carbocycles. The fourth-order valence-electron chi connectivity index (χ4n) is 2.20. The van der Waals surface area contributed by atoms with E-state index >= 15 is 0 Å². The zero-order valence-electron chi connectivity index (χ0n) is 10.4. The summed E-state index contributed by atoms with van der Waals surface area (Å²) in [5, 5.41) is 14.0. The van der Waals surface area contributed by atoms with Crippen molar-refractivity contribution >= 4 is 0 Å². The Morgan fingerprint density at radius 2 is 2.50 bits per heavy atom. The number of piperazine rings is 1. The van der Waals surface area contributed by atoms with E-state index in [1.165, 1.54) is 13.0 Å². The van der Waals surface area contributed by atoms with Crippen LogP contribution in [0.15, 0.2) is 35.9 Å². The summed E-state index contributed by atoms with van der Waals surface area (Å²) >= 11 is 0. The highest BCUT2D eigenvalue weighted by Gasteiger charge is 2.30. The Kier molecular flexibility index (Phi) is 3.66. The molecule has 0 spiro atoms. The third kappa shape index (κ3) is 2.38. The van der Waals surface area contributed by atoms with Crippen molar-refractivity contribution in [3.05, 3.63) is 46.0 Å². The van der Waals surface area contributed by atoms with Gasteiger partial charge in [0, 0.05) is 26.6 Å². The number of nitro groups is 1. The molecule has 0 amide bonds. The van der Waals surface area contributed by atoms with Gasteiger partial charge in [-0.2, -0.15) is 0 Å². The lowest BCUT2D eigenvalue weighted by Gasteiger charge is -2.42. The minimum Gasteiger partial charge on any atom is -0.489 e. The van der Waals surface area contributed by atoms with Crippen LogP contribution in [0.1, 0.15) is 6.92 Å². The third-order valence-corrected chi connectivity index (χ3v) is 3.16. The normalized spacial score (nSPS) is 24.4. The fourth-order valence-corrected chi connectivity index (χ4v) is 2.20. The number of allylic oxidation sites excluding steroid dienone is 3. The first-order valence-corrected chi connectivity index (χ1v) is 5.93. The van der Waals surface area contributed by atoms with Crippen LogP contribution in [0, 0.1) is 10.1 Å². The zero-order valence-corrected chi connectivity index (χ0v) is 10.4. The second-order valence-electron chi connectivity index (χ2n) is 4.36. The smallest absolute Gasteiger partial charge is 0.246 e. The fraction of sp³-hybridized carbons (Fsp3) is 0.500. The van der Waals surface area contributed by atoms with Gasteiger partial charge >= 0.3 is 0 Å². The molecule has 1 unspecified atom stereocenters. The minimum absolute atomic E-state index is 0.0675. The molecule has 2 rings (SSSR count). The average Bonchev–Trinajstić information content (AvgIpc) is 2.38. The van der Waals surface area contributed by atoms with E-state index in [4.69, 9.17) is 4.74 Å². The van der Waals surface area contributed by atoms with Gasteiger partial charge in [-0.15, -0.1) is 0 Å². The average molecular weight is 251 g/mol. The van der Waals surface area contributed by atoms with Crippen molar-refractivity contribution in [3.8, 4) is 0 Å². The summed E-state index contributed by atoms with van der Waals surface area (Å²) in [4.78, 5) is 12.4. The minimum atomic E-state index is -0.416. The molecule has 18 heavy (non-hydrogen) atoms. The van der Waals surface area contributed by atoms with E-state index in [0.717, 1.165) is 25.3 Å². The van der Waals surface area contributed by atoms with E-state index in [0.29, 0.717) is 12.4 Å². The van der Waals surface area contributed by atoms with Crippen LogP contribution in [0.5, 0.6) is 0 Å². The first kappa shape index (κ1) is 12.6. The molecule has 6 heteroatoms. The van der Waals surface area contributed by atoms with Crippen molar-refractivity contribution in [2.24, 2.45) is 0 Å². The molecule has 1 saturated heterocycles. The molecule has 98 valence electrons. The summed E-state index contributed by atoms with van der Waals surface area (Å²) in [6.07, 6.45) is 3.17. The molecule has 0 aromatic heterocycles. The van der Waals surface area contributed by atoms with E-state index < -0.39 is 4.92 Å². The lowest BCUT2D eigenvalue weighted by molar-refractivity contribution is -0.424. The highest BCUT2D eigenvalue weighted by molar-refractivity contribution is 5.30. The number of hydrogen-bond acceptors (Lipinski definition) is 5. The molecule has 0 saturated carbocycles. The second kappa shape index (κ2) is 5.22. The molecule has 6 nitrogen and oxygen atoms in total. The van der Waals surface area contributed by atoms with E-state index in [9.17, 15) is 10.1 Å². The predicted octanol–water partition coefficient (Wildman–Crippen LogP) is 0.868. The maximum absolute atomic E-state index is 10.7. The Bertz CT molecular complexity index is 428. The van der Waals surface area contributed by atoms with Crippen LogP contribution < -0.4 is 5.32 Å². The molecule has 2 aliphatic rings. The molecule has 0 radical (unpaired) electrons. The number of hydrogen-bond donors (Lipinski definition) is 1. The molecule has 2 heterocycles. The SMILES string of the molecule is C=CC1=C(/C=C(\C)[N+](=O)[O-])OCC2CNCCN12. The van der Waals surface area contributed by atoms with Gasteiger partial charge in [-0.1, -0.05) is 6.58 Å². The van der Waals surface area contributed by atoms with Gasteiger partial charge in [0.2, 0.25) is 5.70 Å². The zero-order chi connectivity index (χ0) is 13.1. The van der Waals surface area contributed by atoms with Crippen LogP contribution >= 0.6 is 0 Å². The van der Waals surface area contributed by atoms with Gasteiger partial charge in [0.15, 0.2) is 0 Å². The molecule has 0 bridgehead atoms. The van der Waals surface area contributed by atoms with Crippen molar-refractivity contribution in [1.82, 2.24) is 10.2 Å². The molecule has 1 fully saturated rings. The van der Waals surface area contributed by atoms with Crippen LogP contribution in [0.25, 0.3) is 0 Å². The van der Waals surface area contributed by atoms with E-state index in [2.05, 4.69) is 16.8 Å². The van der Waals surface area contributed by atoms with Crippen LogP contribution in [-0.2, 0) is 4.74 Å². The topological polar surface area (TPSA) is 67.6 Å². The Morgan fingerprint density at radius 3 is 3.17 bits per heavy atom. The summed E-state index contributed by atoms with van der Waals surface area (Å²) in [6, 6.07) is 0.278. The van der Waals surface area contributed by atoms with Gasteiger partial charge in [-0.3, -0.25) is 10.1 Å². The maximum atomic E-state index is 10.7. The maximum Gasteiger partial charge on any atom is 0.246 e. The second-order valence-corrected chi connectivity index (χ2v) is 4.36. The van der Waals surface area contributed by atoms with Gasteiger partial charge in [0.05, 0.1) is 22.7 Å². The number of nitrogens with zero attached hydrogens (tertiary/aromatic N) is 2. The number of ether oxygens (including phenoxy) is 1. The molecule has 1 atom stereocenters. The van der Waals surface area contributed by atoms with Gasteiger partial charge in [-0.05, 0) is 6.08 Å². The third-order valence-electron chi connectivity index (χ3n) is 3.16. The summed E-state index contributed by atoms with van der Waals surface area (Å²) in [5.74, 6) is 0.539. The molecular weight excluding hydrogens is 234 g/mol. The Balaban J connectivity index is 2.31. The van der Waals surface area contributed by atoms with E-state index in [-0.39, 0.29) is 11.7 Å². The van der Waals surface area contributed by atoms with E-state index in [1.807, 2.05) is 0 Å². The van der Waals surface area contributed by atoms with Crippen LogP contribution in [0.2, 0.25) is 0 Å². The van der Waals surface area contributed by atoms with Gasteiger partial charge in [-0.25, -0.2) is 0 Å². The Hall–Kier alpha value is -1.82. The van der Waals surface area contributed by atoms with Gasteiger partial charge < -0.3 is 15.0 Å². The van der Waals surface area contributed by atoms with Crippen molar-refractivity contribution < 1.29 is 9.66 Å². The monoisotopic (exact) mass is 251 g/mol. The Labute approximate surface area is 106 Å². The van der Waals surface area contributed by atoms with Crippen LogP contribution in [-0.4, -0.2) is 42.1 Å². The van der Waals surface area contributed by atoms with Crippen molar-refractivity contribution in [3.63, 3.8) is 0 Å². The van der Waals surface area contributed by atoms with Crippen LogP contribution in [0.3, 0.4) is 0 Å². The molecule has 1 N–H and O–H groups in total. The highest BCUT2D eigenvalue weighted by Crippen LogP contribution is 2.25. The number of rotatable bonds is 3. The first-order chi connectivity index (χ1) is 8.63. The van der Waals surface area contributed by atoms with Crippen molar-refractivity contribution in [2.45, 2.75) is 13.0 Å². The number of fused-ring (bicyclic) bond motifs is 1. The molecular formula is C12H17N3O3. The quantitative estimate of drug-likeness (QED) is 0.595. The molecule has 0 aromatic rings. The summed E-state index contributed by atoms with van der Waals surface area (Å²) in [5.41, 5.74) is 0.909. The Morgan fingerprint density at radius 1 is 1.72 bits per heavy atom. The summed E-state index contributed by atoms with van der Waals surface area (Å²) < 4.78 is 5.62. The van der Waals surface area contributed by atoms with Gasteiger partial charge in [0.25, 0.3) is 0 Å². The van der Waals surface area contributed by atoms with Crippen molar-refractivity contribution in [1.29, 1.82) is 0 Å². The van der Waals surface area contributed by atoms with E-state index in [1.54, 1.807) is 6.08 Å².